The van der Waals surface area contributed by atoms with Gasteiger partial charge >= 0.3 is 0 Å². The zero-order valence-electron chi connectivity index (χ0n) is 11.0. The van der Waals surface area contributed by atoms with E-state index in [-0.39, 0.29) is 0 Å². The van der Waals surface area contributed by atoms with Crippen molar-refractivity contribution in [3.63, 3.8) is 0 Å². The van der Waals surface area contributed by atoms with Gasteiger partial charge in [-0.3, -0.25) is 9.58 Å². The lowest BCUT2D eigenvalue weighted by atomic mass is 10.2. The predicted octanol–water partition coefficient (Wildman–Crippen LogP) is 1.27. The molecule has 1 aromatic rings. The van der Waals surface area contributed by atoms with E-state index in [0.717, 1.165) is 25.7 Å². The molecule has 1 aromatic heterocycles. The molecule has 1 fully saturated rings. The molecule has 1 unspecified atom stereocenters. The van der Waals surface area contributed by atoms with Crippen molar-refractivity contribution in [3.8, 4) is 0 Å². The summed E-state index contributed by atoms with van der Waals surface area (Å²) in [6, 6.07) is 0.728. The Balaban J connectivity index is 1.84. The number of nitrogens with one attached hydrogen (secondary N) is 1. The summed E-state index contributed by atoms with van der Waals surface area (Å²) in [4.78, 5) is 2.61. The highest BCUT2D eigenvalue weighted by Gasteiger charge is 2.21. The minimum absolute atomic E-state index is 0.728. The molecule has 1 atom stereocenters. The lowest BCUT2D eigenvalue weighted by Gasteiger charge is -2.27. The molecule has 0 bridgehead atoms. The van der Waals surface area contributed by atoms with Gasteiger partial charge in [-0.15, -0.1) is 0 Å². The van der Waals surface area contributed by atoms with E-state index in [1.54, 1.807) is 0 Å². The molecule has 1 aliphatic rings. The van der Waals surface area contributed by atoms with Crippen molar-refractivity contribution in [2.45, 2.75) is 39.3 Å². The second kappa shape index (κ2) is 6.17. The van der Waals surface area contributed by atoms with Gasteiger partial charge < -0.3 is 5.32 Å². The molecule has 96 valence electrons. The maximum absolute atomic E-state index is 4.35. The van der Waals surface area contributed by atoms with Gasteiger partial charge in [-0.05, 0) is 38.4 Å². The van der Waals surface area contributed by atoms with Gasteiger partial charge in [0.1, 0.15) is 0 Å². The van der Waals surface area contributed by atoms with E-state index in [9.17, 15) is 0 Å². The third-order valence-corrected chi connectivity index (χ3v) is 3.44. The van der Waals surface area contributed by atoms with Crippen LogP contribution in [-0.4, -0.2) is 46.9 Å². The van der Waals surface area contributed by atoms with Crippen LogP contribution in [0.4, 0.5) is 0 Å². The molecule has 1 N–H and O–H groups in total. The molecule has 17 heavy (non-hydrogen) atoms. The number of aromatic nitrogens is 2. The Bertz CT molecular complexity index is 328. The Labute approximate surface area is 104 Å². The highest BCUT2D eigenvalue weighted by atomic mass is 15.3. The molecular formula is C13H24N4. The van der Waals surface area contributed by atoms with Crippen LogP contribution >= 0.6 is 0 Å². The Hall–Kier alpha value is -0.870. The number of hydrogen-bond donors (Lipinski definition) is 1. The number of aryl methyl sites for hydroxylation is 1. The first kappa shape index (κ1) is 12.6. The zero-order chi connectivity index (χ0) is 12.1. The van der Waals surface area contributed by atoms with Gasteiger partial charge in [-0.2, -0.15) is 5.10 Å². The second-order valence-corrected chi connectivity index (χ2v) is 4.96. The van der Waals surface area contributed by atoms with E-state index in [4.69, 9.17) is 0 Å². The van der Waals surface area contributed by atoms with Crippen molar-refractivity contribution in [1.29, 1.82) is 0 Å². The fourth-order valence-electron chi connectivity index (χ4n) is 2.54. The molecule has 4 nitrogen and oxygen atoms in total. The van der Waals surface area contributed by atoms with Crippen LogP contribution in [0.25, 0.3) is 0 Å². The second-order valence-electron chi connectivity index (χ2n) is 4.96. The highest BCUT2D eigenvalue weighted by molar-refractivity contribution is 4.99. The molecular weight excluding hydrogens is 212 g/mol. The summed E-state index contributed by atoms with van der Waals surface area (Å²) in [5.41, 5.74) is 1.24. The normalized spacial score (nSPS) is 20.3. The first-order valence-electron chi connectivity index (χ1n) is 6.73. The van der Waals surface area contributed by atoms with E-state index in [1.165, 1.54) is 31.5 Å². The van der Waals surface area contributed by atoms with Crippen LogP contribution in [0.1, 0.15) is 25.3 Å². The maximum atomic E-state index is 4.35. The smallest absolute Gasteiger partial charge is 0.0536 e. The van der Waals surface area contributed by atoms with Crippen LogP contribution in [0, 0.1) is 6.92 Å². The number of rotatable bonds is 6. The van der Waals surface area contributed by atoms with Gasteiger partial charge in [0.15, 0.2) is 0 Å². The van der Waals surface area contributed by atoms with Gasteiger partial charge in [0.05, 0.1) is 12.7 Å². The average Bonchev–Trinajstić information content (AvgIpc) is 2.95. The van der Waals surface area contributed by atoms with E-state index in [1.807, 2.05) is 6.20 Å². The largest absolute Gasteiger partial charge is 0.315 e. The molecule has 1 aliphatic heterocycles. The van der Waals surface area contributed by atoms with Gasteiger partial charge in [-0.25, -0.2) is 0 Å². The van der Waals surface area contributed by atoms with Crippen molar-refractivity contribution < 1.29 is 0 Å². The van der Waals surface area contributed by atoms with E-state index in [2.05, 4.69) is 40.0 Å². The van der Waals surface area contributed by atoms with Crippen LogP contribution in [-0.2, 0) is 6.54 Å². The summed E-state index contributed by atoms with van der Waals surface area (Å²) >= 11 is 0. The fraction of sp³-hybridized carbons (Fsp3) is 0.769. The molecule has 0 aromatic carbocycles. The molecule has 0 amide bonds. The van der Waals surface area contributed by atoms with Gasteiger partial charge in [0.25, 0.3) is 0 Å². The van der Waals surface area contributed by atoms with E-state index in [0.29, 0.717) is 0 Å². The predicted molar refractivity (Wildman–Crippen MR) is 70.1 cm³/mol. The van der Waals surface area contributed by atoms with Crippen molar-refractivity contribution in [3.05, 3.63) is 18.0 Å². The average molecular weight is 236 g/mol. The monoisotopic (exact) mass is 236 g/mol. The summed E-state index contributed by atoms with van der Waals surface area (Å²) in [6.45, 7) is 9.99. The zero-order valence-corrected chi connectivity index (χ0v) is 11.0. The van der Waals surface area contributed by atoms with Crippen LogP contribution in [0.15, 0.2) is 12.4 Å². The summed E-state index contributed by atoms with van der Waals surface area (Å²) in [5, 5.41) is 7.80. The quantitative estimate of drug-likeness (QED) is 0.807. The minimum Gasteiger partial charge on any atom is -0.315 e. The molecule has 2 heterocycles. The van der Waals surface area contributed by atoms with Crippen LogP contribution in [0.5, 0.6) is 0 Å². The summed E-state index contributed by atoms with van der Waals surface area (Å²) < 4.78 is 2.06. The van der Waals surface area contributed by atoms with Gasteiger partial charge in [0.2, 0.25) is 0 Å². The number of hydrogen-bond acceptors (Lipinski definition) is 3. The topological polar surface area (TPSA) is 33.1 Å². The summed E-state index contributed by atoms with van der Waals surface area (Å²) in [6.07, 6.45) is 6.57. The Morgan fingerprint density at radius 1 is 1.53 bits per heavy atom. The fourth-order valence-corrected chi connectivity index (χ4v) is 2.54. The third kappa shape index (κ3) is 3.54. The van der Waals surface area contributed by atoms with Crippen LogP contribution < -0.4 is 5.32 Å². The lowest BCUT2D eigenvalue weighted by molar-refractivity contribution is 0.198. The Morgan fingerprint density at radius 3 is 3.00 bits per heavy atom. The SMILES string of the molecule is CCCN(CCn1cc(C)cn1)C1CCNC1. The van der Waals surface area contributed by atoms with Gasteiger partial charge in [-0.1, -0.05) is 6.92 Å². The minimum atomic E-state index is 0.728. The summed E-state index contributed by atoms with van der Waals surface area (Å²) in [7, 11) is 0. The van der Waals surface area contributed by atoms with E-state index < -0.39 is 0 Å². The lowest BCUT2D eigenvalue weighted by Crippen LogP contribution is -2.39. The van der Waals surface area contributed by atoms with Gasteiger partial charge in [0, 0.05) is 25.3 Å². The highest BCUT2D eigenvalue weighted by Crippen LogP contribution is 2.09. The van der Waals surface area contributed by atoms with Crippen LogP contribution in [0.3, 0.4) is 0 Å². The maximum Gasteiger partial charge on any atom is 0.0536 e. The summed E-state index contributed by atoms with van der Waals surface area (Å²) in [5.74, 6) is 0. The van der Waals surface area contributed by atoms with Crippen molar-refractivity contribution in [2.24, 2.45) is 0 Å². The first-order chi connectivity index (χ1) is 8.29. The Kier molecular flexibility index (Phi) is 4.57. The van der Waals surface area contributed by atoms with Crippen molar-refractivity contribution in [1.82, 2.24) is 20.0 Å². The molecule has 1 saturated heterocycles. The molecule has 0 saturated carbocycles. The molecule has 0 aliphatic carbocycles. The molecule has 0 radical (unpaired) electrons. The van der Waals surface area contributed by atoms with Crippen molar-refractivity contribution >= 4 is 0 Å². The third-order valence-electron chi connectivity index (χ3n) is 3.44. The number of nitrogens with zero attached hydrogens (tertiary/aromatic N) is 3. The molecule has 0 spiro atoms. The van der Waals surface area contributed by atoms with E-state index >= 15 is 0 Å². The molecule has 2 rings (SSSR count). The van der Waals surface area contributed by atoms with Crippen molar-refractivity contribution in [2.75, 3.05) is 26.2 Å². The first-order valence-corrected chi connectivity index (χ1v) is 6.73. The standard InChI is InChI=1S/C13H24N4/c1-3-6-16(13-4-5-14-10-13)7-8-17-11-12(2)9-15-17/h9,11,13-14H,3-8,10H2,1-2H3. The van der Waals surface area contributed by atoms with Crippen LogP contribution in [0.2, 0.25) is 0 Å². The Morgan fingerprint density at radius 2 is 2.41 bits per heavy atom. The molecule has 4 heteroatoms.